The van der Waals surface area contributed by atoms with E-state index >= 15 is 0 Å². The van der Waals surface area contributed by atoms with Crippen molar-refractivity contribution in [2.75, 3.05) is 7.05 Å². The first-order valence-corrected chi connectivity index (χ1v) is 11.2. The van der Waals surface area contributed by atoms with Crippen LogP contribution in [0, 0.1) is 0 Å². The second-order valence-corrected chi connectivity index (χ2v) is 8.92. The number of hydrogen-bond acceptors (Lipinski definition) is 5. The Labute approximate surface area is 180 Å². The van der Waals surface area contributed by atoms with Crippen molar-refractivity contribution in [2.24, 2.45) is 5.14 Å². The lowest BCUT2D eigenvalue weighted by molar-refractivity contribution is -0.131. The molecule has 30 heavy (non-hydrogen) atoms. The molecule has 0 aliphatic carbocycles. The third-order valence-electron chi connectivity index (χ3n) is 4.90. The number of halogens is 1. The van der Waals surface area contributed by atoms with Crippen LogP contribution >= 0.6 is 11.6 Å². The molecule has 3 aromatic rings. The number of carbonyl (C=O) groups is 1. The fourth-order valence-electron chi connectivity index (χ4n) is 2.94. The predicted octanol–water partition coefficient (Wildman–Crippen LogP) is 3.79. The fourth-order valence-corrected chi connectivity index (χ4v) is 3.58. The van der Waals surface area contributed by atoms with E-state index in [4.69, 9.17) is 21.2 Å². The summed E-state index contributed by atoms with van der Waals surface area (Å²) in [5, 5.41) is 5.76. The molecule has 3 rings (SSSR count). The summed E-state index contributed by atoms with van der Waals surface area (Å²) in [6.07, 6.45) is 2.23. The molecule has 0 aliphatic heterocycles. The van der Waals surface area contributed by atoms with Gasteiger partial charge in [-0.1, -0.05) is 23.7 Å². The second-order valence-electron chi connectivity index (χ2n) is 6.92. The van der Waals surface area contributed by atoms with Gasteiger partial charge in [0.15, 0.2) is 11.7 Å². The maximum atomic E-state index is 12.6. The molecule has 0 fully saturated rings. The van der Waals surface area contributed by atoms with Gasteiger partial charge in [-0.3, -0.25) is 4.79 Å². The van der Waals surface area contributed by atoms with Crippen molar-refractivity contribution >= 4 is 27.5 Å². The first-order valence-electron chi connectivity index (χ1n) is 9.24. The summed E-state index contributed by atoms with van der Waals surface area (Å²) >= 11 is 5.90. The van der Waals surface area contributed by atoms with E-state index < -0.39 is 10.0 Å². The van der Waals surface area contributed by atoms with Gasteiger partial charge < -0.3 is 9.32 Å². The van der Waals surface area contributed by atoms with Crippen molar-refractivity contribution in [1.82, 2.24) is 9.88 Å². The van der Waals surface area contributed by atoms with Crippen LogP contribution in [0.2, 0.25) is 5.02 Å². The summed E-state index contributed by atoms with van der Waals surface area (Å²) in [5.41, 5.74) is 1.66. The Balaban J connectivity index is 1.60. The molecule has 0 radical (unpaired) electrons. The summed E-state index contributed by atoms with van der Waals surface area (Å²) in [6, 6.07) is 13.2. The van der Waals surface area contributed by atoms with Crippen LogP contribution in [-0.2, 0) is 21.2 Å². The second kappa shape index (κ2) is 8.99. The van der Waals surface area contributed by atoms with E-state index in [-0.39, 0.29) is 23.3 Å². The molecule has 1 unspecified atom stereocenters. The van der Waals surface area contributed by atoms with Crippen LogP contribution in [0.1, 0.15) is 30.8 Å². The minimum Gasteiger partial charge on any atom is -0.441 e. The van der Waals surface area contributed by atoms with E-state index in [1.165, 1.54) is 12.1 Å². The van der Waals surface area contributed by atoms with Gasteiger partial charge in [0.1, 0.15) is 0 Å². The van der Waals surface area contributed by atoms with Gasteiger partial charge in [-0.15, -0.1) is 0 Å². The lowest BCUT2D eigenvalue weighted by Crippen LogP contribution is -2.29. The maximum absolute atomic E-state index is 12.6. The monoisotopic (exact) mass is 447 g/mol. The summed E-state index contributed by atoms with van der Waals surface area (Å²) in [7, 11) is -2.04. The molecule has 9 heteroatoms. The van der Waals surface area contributed by atoms with Gasteiger partial charge in [0.25, 0.3) is 0 Å². The highest BCUT2D eigenvalue weighted by Crippen LogP contribution is 2.24. The number of primary sulfonamides is 1. The zero-order valence-electron chi connectivity index (χ0n) is 16.6. The van der Waals surface area contributed by atoms with Crippen LogP contribution < -0.4 is 5.14 Å². The third-order valence-corrected chi connectivity index (χ3v) is 6.08. The first kappa shape index (κ1) is 22.0. The number of sulfonamides is 1. The number of carbonyl (C=O) groups excluding carboxylic acids is 1. The van der Waals surface area contributed by atoms with Crippen LogP contribution in [-0.4, -0.2) is 31.3 Å². The van der Waals surface area contributed by atoms with Gasteiger partial charge in [-0.2, -0.15) is 0 Å². The molecule has 0 saturated carbocycles. The molecule has 0 bridgehead atoms. The lowest BCUT2D eigenvalue weighted by atomic mass is 10.1. The fraction of sp³-hybridized carbons (Fsp3) is 0.238. The molecule has 1 aromatic heterocycles. The number of rotatable bonds is 7. The Hall–Kier alpha value is -2.68. The molecule has 158 valence electrons. The molecule has 0 saturated heterocycles. The van der Waals surface area contributed by atoms with Crippen molar-refractivity contribution in [1.29, 1.82) is 0 Å². The highest BCUT2D eigenvalue weighted by molar-refractivity contribution is 7.89. The molecular formula is C21H22ClN3O4S. The Morgan fingerprint density at radius 2 is 1.80 bits per heavy atom. The van der Waals surface area contributed by atoms with E-state index in [1.807, 2.05) is 19.1 Å². The molecule has 7 nitrogen and oxygen atoms in total. The molecule has 1 amide bonds. The van der Waals surface area contributed by atoms with Gasteiger partial charge >= 0.3 is 0 Å². The topological polar surface area (TPSA) is 106 Å². The minimum absolute atomic E-state index is 0.0350. The summed E-state index contributed by atoms with van der Waals surface area (Å²) < 4.78 is 28.5. The van der Waals surface area contributed by atoms with Gasteiger partial charge in [-0.25, -0.2) is 18.5 Å². The van der Waals surface area contributed by atoms with Crippen LogP contribution in [0.3, 0.4) is 0 Å². The van der Waals surface area contributed by atoms with E-state index in [0.717, 1.165) is 11.1 Å². The Bertz CT molecular complexity index is 1130. The minimum atomic E-state index is -3.75. The largest absolute Gasteiger partial charge is 0.441 e. The molecule has 1 heterocycles. The Morgan fingerprint density at radius 3 is 2.40 bits per heavy atom. The van der Waals surface area contributed by atoms with Crippen LogP contribution in [0.4, 0.5) is 0 Å². The highest BCUT2D eigenvalue weighted by Gasteiger charge is 2.19. The molecule has 1 atom stereocenters. The average molecular weight is 448 g/mol. The van der Waals surface area contributed by atoms with Gasteiger partial charge in [-0.05, 0) is 48.9 Å². The zero-order chi connectivity index (χ0) is 21.9. The number of hydrogen-bond donors (Lipinski definition) is 1. The van der Waals surface area contributed by atoms with E-state index in [0.29, 0.717) is 23.1 Å². The summed E-state index contributed by atoms with van der Waals surface area (Å²) in [6.45, 7) is 1.87. The quantitative estimate of drug-likeness (QED) is 0.592. The van der Waals surface area contributed by atoms with Gasteiger partial charge in [0.05, 0.1) is 17.1 Å². The number of aryl methyl sites for hydroxylation is 1. The predicted molar refractivity (Wildman–Crippen MR) is 114 cm³/mol. The molecule has 0 aliphatic rings. The van der Waals surface area contributed by atoms with E-state index in [9.17, 15) is 13.2 Å². The van der Waals surface area contributed by atoms with Gasteiger partial charge in [0, 0.05) is 30.5 Å². The summed E-state index contributed by atoms with van der Waals surface area (Å²) in [5.74, 6) is 1.02. The average Bonchev–Trinajstić information content (AvgIpc) is 3.20. The van der Waals surface area contributed by atoms with Crippen LogP contribution in [0.25, 0.3) is 11.3 Å². The maximum Gasteiger partial charge on any atom is 0.238 e. The number of benzene rings is 2. The van der Waals surface area contributed by atoms with Crippen molar-refractivity contribution < 1.29 is 17.6 Å². The first-order chi connectivity index (χ1) is 14.1. The number of nitrogens with zero attached hydrogens (tertiary/aromatic N) is 2. The number of amides is 1. The SMILES string of the molecule is CC(c1ccc(S(N)(=O)=O)cc1)N(C)C(=O)CCc1ncc(-c2ccc(Cl)cc2)o1. The third kappa shape index (κ3) is 5.27. The van der Waals surface area contributed by atoms with E-state index in [1.54, 1.807) is 42.4 Å². The molecule has 2 aromatic carbocycles. The van der Waals surface area contributed by atoms with Crippen molar-refractivity contribution in [3.05, 3.63) is 71.2 Å². The van der Waals surface area contributed by atoms with Crippen molar-refractivity contribution in [3.63, 3.8) is 0 Å². The van der Waals surface area contributed by atoms with Crippen LogP contribution in [0.5, 0.6) is 0 Å². The van der Waals surface area contributed by atoms with Gasteiger partial charge in [0.2, 0.25) is 15.9 Å². The smallest absolute Gasteiger partial charge is 0.238 e. The standard InChI is InChI=1S/C21H22ClN3O4S/c1-14(15-5-9-18(10-6-15)30(23,27)28)25(2)21(26)12-11-20-24-13-19(29-20)16-3-7-17(22)8-4-16/h3-10,13-14H,11-12H2,1-2H3,(H2,23,27,28). The normalized spacial score (nSPS) is 12.5. The van der Waals surface area contributed by atoms with Crippen LogP contribution in [0.15, 0.2) is 64.0 Å². The number of oxazole rings is 1. The van der Waals surface area contributed by atoms with Crippen molar-refractivity contribution in [2.45, 2.75) is 30.7 Å². The van der Waals surface area contributed by atoms with Crippen molar-refractivity contribution in [3.8, 4) is 11.3 Å². The molecule has 2 N–H and O–H groups in total. The molecule has 0 spiro atoms. The number of nitrogens with two attached hydrogens (primary N) is 1. The summed E-state index contributed by atoms with van der Waals surface area (Å²) in [4.78, 5) is 18.5. The lowest BCUT2D eigenvalue weighted by Gasteiger charge is -2.25. The molecular weight excluding hydrogens is 426 g/mol. The number of aromatic nitrogens is 1. The highest BCUT2D eigenvalue weighted by atomic mass is 35.5. The van der Waals surface area contributed by atoms with E-state index in [2.05, 4.69) is 4.98 Å². The zero-order valence-corrected chi connectivity index (χ0v) is 18.2. The Morgan fingerprint density at radius 1 is 1.17 bits per heavy atom. The Kier molecular flexibility index (Phi) is 6.60.